The first-order valence-corrected chi connectivity index (χ1v) is 12.3. The molecule has 2 aliphatic carbocycles. The van der Waals surface area contributed by atoms with Crippen LogP contribution in [0.25, 0.3) is 0 Å². The quantitative estimate of drug-likeness (QED) is 0.614. The third-order valence-electron chi connectivity index (χ3n) is 7.52. The first-order chi connectivity index (χ1) is 14.6. The number of hydrogen-bond acceptors (Lipinski definition) is 2. The van der Waals surface area contributed by atoms with Crippen LogP contribution in [0.1, 0.15) is 101 Å². The smallest absolute Gasteiger partial charge is 0.250 e. The average molecular weight is 411 g/mol. The maximum atomic E-state index is 13.9. The zero-order valence-corrected chi connectivity index (χ0v) is 18.7. The minimum atomic E-state index is -0.445. The van der Waals surface area contributed by atoms with Crippen molar-refractivity contribution >= 4 is 11.8 Å². The number of benzene rings is 1. The van der Waals surface area contributed by atoms with Gasteiger partial charge in [-0.2, -0.15) is 0 Å². The number of carbonyl (C=O) groups is 2. The highest BCUT2D eigenvalue weighted by Crippen LogP contribution is 2.36. The summed E-state index contributed by atoms with van der Waals surface area (Å²) in [4.78, 5) is 31.4. The Hall–Kier alpha value is -1.84. The molecular formula is C26H38N2O2. The van der Waals surface area contributed by atoms with E-state index in [1.54, 1.807) is 0 Å². The second kappa shape index (κ2) is 9.98. The standard InChI is InChI=1S/C26H38N2O2/c1-20-15-17-21(18-16-20)25-26(30)27(22-11-7-5-6-8-12-22)19-24(29)28(25)23-13-9-3-2-4-10-14-23/h15-18,22-23,25H,2-14,19H2,1H3/t25-/m1/s1. The summed E-state index contributed by atoms with van der Waals surface area (Å²) < 4.78 is 0. The van der Waals surface area contributed by atoms with Crippen molar-refractivity contribution in [2.24, 2.45) is 0 Å². The average Bonchev–Trinajstić information content (AvgIpc) is 3.00. The van der Waals surface area contributed by atoms with Crippen LogP contribution in [0.5, 0.6) is 0 Å². The van der Waals surface area contributed by atoms with Gasteiger partial charge in [-0.15, -0.1) is 0 Å². The molecule has 164 valence electrons. The van der Waals surface area contributed by atoms with Gasteiger partial charge in [0.2, 0.25) is 5.91 Å². The highest BCUT2D eigenvalue weighted by Gasteiger charge is 2.45. The highest BCUT2D eigenvalue weighted by molar-refractivity contribution is 5.96. The molecule has 0 radical (unpaired) electrons. The summed E-state index contributed by atoms with van der Waals surface area (Å²) in [6.07, 6.45) is 15.1. The van der Waals surface area contributed by atoms with Gasteiger partial charge in [0.25, 0.3) is 5.91 Å². The third kappa shape index (κ3) is 4.73. The van der Waals surface area contributed by atoms with E-state index in [0.717, 1.165) is 44.1 Å². The Labute approximate surface area is 182 Å². The Morgan fingerprint density at radius 2 is 1.20 bits per heavy atom. The molecule has 4 nitrogen and oxygen atoms in total. The number of amides is 2. The van der Waals surface area contributed by atoms with Crippen LogP contribution in [-0.2, 0) is 9.59 Å². The molecule has 0 bridgehead atoms. The van der Waals surface area contributed by atoms with Crippen LogP contribution in [-0.4, -0.2) is 40.2 Å². The SMILES string of the molecule is Cc1ccc([C@@H]2C(=O)N(C3CCCCCC3)CC(=O)N2C2CCCCCCC2)cc1. The van der Waals surface area contributed by atoms with Crippen LogP contribution in [0.3, 0.4) is 0 Å². The topological polar surface area (TPSA) is 40.6 Å². The molecule has 2 saturated carbocycles. The fourth-order valence-electron chi connectivity index (χ4n) is 5.78. The molecule has 1 aromatic rings. The zero-order valence-electron chi connectivity index (χ0n) is 18.7. The van der Waals surface area contributed by atoms with E-state index in [-0.39, 0.29) is 30.4 Å². The van der Waals surface area contributed by atoms with Crippen LogP contribution >= 0.6 is 0 Å². The van der Waals surface area contributed by atoms with Crippen molar-refractivity contribution in [3.8, 4) is 0 Å². The van der Waals surface area contributed by atoms with E-state index < -0.39 is 6.04 Å². The predicted octanol–water partition coefficient (Wildman–Crippen LogP) is 5.54. The lowest BCUT2D eigenvalue weighted by molar-refractivity contribution is -0.162. The monoisotopic (exact) mass is 410 g/mol. The van der Waals surface area contributed by atoms with E-state index in [1.165, 1.54) is 50.5 Å². The molecule has 4 rings (SSSR count). The molecule has 1 heterocycles. The molecule has 3 aliphatic rings. The summed E-state index contributed by atoms with van der Waals surface area (Å²) in [6, 6.07) is 8.28. The number of aryl methyl sites for hydroxylation is 1. The summed E-state index contributed by atoms with van der Waals surface area (Å²) in [5.41, 5.74) is 2.17. The van der Waals surface area contributed by atoms with E-state index in [2.05, 4.69) is 31.2 Å². The van der Waals surface area contributed by atoms with Crippen LogP contribution in [0, 0.1) is 6.92 Å². The first-order valence-electron chi connectivity index (χ1n) is 12.3. The van der Waals surface area contributed by atoms with Gasteiger partial charge in [0.15, 0.2) is 0 Å². The summed E-state index contributed by atoms with van der Waals surface area (Å²) in [5, 5.41) is 0. The van der Waals surface area contributed by atoms with Crippen molar-refractivity contribution in [1.29, 1.82) is 0 Å². The van der Waals surface area contributed by atoms with Gasteiger partial charge in [-0.3, -0.25) is 9.59 Å². The molecule has 1 aliphatic heterocycles. The second-order valence-electron chi connectivity index (χ2n) is 9.72. The molecule has 4 heteroatoms. The lowest BCUT2D eigenvalue weighted by atomic mass is 9.90. The minimum absolute atomic E-state index is 0.160. The summed E-state index contributed by atoms with van der Waals surface area (Å²) in [7, 11) is 0. The molecule has 2 amide bonds. The fraction of sp³-hybridized carbons (Fsp3) is 0.692. The third-order valence-corrected chi connectivity index (χ3v) is 7.52. The molecular weight excluding hydrogens is 372 g/mol. The zero-order chi connectivity index (χ0) is 20.9. The largest absolute Gasteiger partial charge is 0.328 e. The van der Waals surface area contributed by atoms with Crippen LogP contribution in [0.4, 0.5) is 0 Å². The van der Waals surface area contributed by atoms with Gasteiger partial charge in [0, 0.05) is 12.1 Å². The minimum Gasteiger partial charge on any atom is -0.328 e. The Balaban J connectivity index is 1.65. The van der Waals surface area contributed by atoms with Gasteiger partial charge in [-0.25, -0.2) is 0 Å². The van der Waals surface area contributed by atoms with Crippen molar-refractivity contribution in [3.05, 3.63) is 35.4 Å². The van der Waals surface area contributed by atoms with Crippen molar-refractivity contribution < 1.29 is 9.59 Å². The molecule has 1 atom stereocenters. The Bertz CT molecular complexity index is 713. The number of carbonyl (C=O) groups excluding carboxylic acids is 2. The van der Waals surface area contributed by atoms with Gasteiger partial charge < -0.3 is 9.80 Å². The molecule has 0 N–H and O–H groups in total. The number of nitrogens with zero attached hydrogens (tertiary/aromatic N) is 2. The van der Waals surface area contributed by atoms with Crippen LogP contribution < -0.4 is 0 Å². The highest BCUT2D eigenvalue weighted by atomic mass is 16.2. The van der Waals surface area contributed by atoms with E-state index >= 15 is 0 Å². The normalized spacial score (nSPS) is 25.7. The van der Waals surface area contributed by atoms with Crippen molar-refractivity contribution in [1.82, 2.24) is 9.80 Å². The molecule has 0 spiro atoms. The van der Waals surface area contributed by atoms with Gasteiger partial charge >= 0.3 is 0 Å². The van der Waals surface area contributed by atoms with Crippen molar-refractivity contribution in [2.45, 2.75) is 109 Å². The van der Waals surface area contributed by atoms with Gasteiger partial charge in [0.1, 0.15) is 12.6 Å². The van der Waals surface area contributed by atoms with Crippen molar-refractivity contribution in [2.75, 3.05) is 6.54 Å². The molecule has 30 heavy (non-hydrogen) atoms. The van der Waals surface area contributed by atoms with Gasteiger partial charge in [-0.05, 0) is 38.2 Å². The summed E-state index contributed by atoms with van der Waals surface area (Å²) >= 11 is 0. The summed E-state index contributed by atoms with van der Waals surface area (Å²) in [6.45, 7) is 2.35. The van der Waals surface area contributed by atoms with Gasteiger partial charge in [-0.1, -0.05) is 87.6 Å². The molecule has 0 aromatic heterocycles. The Kier molecular flexibility index (Phi) is 7.12. The Morgan fingerprint density at radius 1 is 0.700 bits per heavy atom. The predicted molar refractivity (Wildman–Crippen MR) is 120 cm³/mol. The second-order valence-corrected chi connectivity index (χ2v) is 9.72. The number of hydrogen-bond donors (Lipinski definition) is 0. The lowest BCUT2D eigenvalue weighted by Crippen LogP contribution is -2.60. The summed E-state index contributed by atoms with van der Waals surface area (Å²) in [5.74, 6) is 0.322. The fourth-order valence-corrected chi connectivity index (χ4v) is 5.78. The van der Waals surface area contributed by atoms with Crippen molar-refractivity contribution in [3.63, 3.8) is 0 Å². The van der Waals surface area contributed by atoms with E-state index in [0.29, 0.717) is 0 Å². The number of piperazine rings is 1. The van der Waals surface area contributed by atoms with Crippen LogP contribution in [0.2, 0.25) is 0 Å². The first kappa shape index (κ1) is 21.4. The van der Waals surface area contributed by atoms with E-state index in [1.807, 2.05) is 9.80 Å². The molecule has 1 aromatic carbocycles. The lowest BCUT2D eigenvalue weighted by Gasteiger charge is -2.47. The van der Waals surface area contributed by atoms with E-state index in [4.69, 9.17) is 0 Å². The molecule has 3 fully saturated rings. The number of rotatable bonds is 3. The van der Waals surface area contributed by atoms with Crippen LogP contribution in [0.15, 0.2) is 24.3 Å². The Morgan fingerprint density at radius 3 is 1.77 bits per heavy atom. The maximum Gasteiger partial charge on any atom is 0.250 e. The van der Waals surface area contributed by atoms with Gasteiger partial charge in [0.05, 0.1) is 0 Å². The maximum absolute atomic E-state index is 13.9. The molecule has 0 unspecified atom stereocenters. The molecule has 1 saturated heterocycles. The van der Waals surface area contributed by atoms with E-state index in [9.17, 15) is 9.59 Å².